The number of nitrogens with one attached hydrogen (secondary N) is 1. The SMILES string of the molecule is CN=C(NCC(O)c1ccccc1F)N1CCC2(CCOC2)C1.I. The first-order valence-electron chi connectivity index (χ1n) is 8.09. The molecule has 2 fully saturated rings. The van der Waals surface area contributed by atoms with Crippen molar-refractivity contribution in [2.45, 2.75) is 18.9 Å². The van der Waals surface area contributed by atoms with Gasteiger partial charge in [-0.15, -0.1) is 24.0 Å². The summed E-state index contributed by atoms with van der Waals surface area (Å²) in [6.07, 6.45) is 1.29. The van der Waals surface area contributed by atoms with Gasteiger partial charge >= 0.3 is 0 Å². The molecule has 5 nitrogen and oxygen atoms in total. The number of benzene rings is 1. The first-order chi connectivity index (χ1) is 11.1. The largest absolute Gasteiger partial charge is 0.386 e. The molecule has 0 aromatic heterocycles. The Kier molecular flexibility index (Phi) is 6.82. The summed E-state index contributed by atoms with van der Waals surface area (Å²) in [5, 5.41) is 13.4. The van der Waals surface area contributed by atoms with Crippen molar-refractivity contribution in [2.75, 3.05) is 39.9 Å². The summed E-state index contributed by atoms with van der Waals surface area (Å²) >= 11 is 0. The molecule has 2 N–H and O–H groups in total. The van der Waals surface area contributed by atoms with Gasteiger partial charge in [-0.3, -0.25) is 4.99 Å². The molecular weight excluding hydrogens is 424 g/mol. The van der Waals surface area contributed by atoms with Gasteiger partial charge in [0.05, 0.1) is 12.7 Å². The Morgan fingerprint density at radius 3 is 2.92 bits per heavy atom. The number of aliphatic hydroxyl groups is 1. The van der Waals surface area contributed by atoms with Crippen molar-refractivity contribution in [3.05, 3.63) is 35.6 Å². The van der Waals surface area contributed by atoms with Crippen molar-refractivity contribution in [2.24, 2.45) is 10.4 Å². The van der Waals surface area contributed by atoms with Crippen molar-refractivity contribution in [1.82, 2.24) is 10.2 Å². The molecule has 1 aromatic rings. The fourth-order valence-electron chi connectivity index (χ4n) is 3.46. The highest BCUT2D eigenvalue weighted by atomic mass is 127. The number of nitrogens with zero attached hydrogens (tertiary/aromatic N) is 2. The van der Waals surface area contributed by atoms with Crippen molar-refractivity contribution < 1.29 is 14.2 Å². The summed E-state index contributed by atoms with van der Waals surface area (Å²) < 4.78 is 19.2. The number of aliphatic hydroxyl groups excluding tert-OH is 1. The average Bonchev–Trinajstić information content (AvgIpc) is 3.19. The quantitative estimate of drug-likeness (QED) is 0.422. The summed E-state index contributed by atoms with van der Waals surface area (Å²) in [4.78, 5) is 6.50. The van der Waals surface area contributed by atoms with Crippen LogP contribution in [-0.4, -0.2) is 55.9 Å². The molecule has 0 saturated carbocycles. The Morgan fingerprint density at radius 1 is 1.46 bits per heavy atom. The third-order valence-electron chi connectivity index (χ3n) is 4.85. The van der Waals surface area contributed by atoms with Crippen LogP contribution in [0.15, 0.2) is 29.3 Å². The van der Waals surface area contributed by atoms with Crippen molar-refractivity contribution in [3.8, 4) is 0 Å². The van der Waals surface area contributed by atoms with Crippen LogP contribution in [0.4, 0.5) is 4.39 Å². The van der Waals surface area contributed by atoms with E-state index < -0.39 is 6.10 Å². The molecule has 1 aromatic carbocycles. The van der Waals surface area contributed by atoms with Gasteiger partial charge in [0.15, 0.2) is 5.96 Å². The molecule has 24 heavy (non-hydrogen) atoms. The van der Waals surface area contributed by atoms with E-state index in [0.717, 1.165) is 45.1 Å². The first kappa shape index (κ1) is 19.4. The van der Waals surface area contributed by atoms with E-state index in [4.69, 9.17) is 4.74 Å². The fourth-order valence-corrected chi connectivity index (χ4v) is 3.46. The Labute approximate surface area is 159 Å². The summed E-state index contributed by atoms with van der Waals surface area (Å²) in [7, 11) is 1.73. The van der Waals surface area contributed by atoms with Crippen LogP contribution in [0.3, 0.4) is 0 Å². The molecule has 2 atom stereocenters. The predicted octanol–water partition coefficient (Wildman–Crippen LogP) is 2.16. The maximum Gasteiger partial charge on any atom is 0.193 e. The van der Waals surface area contributed by atoms with Crippen LogP contribution >= 0.6 is 24.0 Å². The second-order valence-corrected chi connectivity index (χ2v) is 6.44. The van der Waals surface area contributed by atoms with Gasteiger partial charge in [-0.25, -0.2) is 4.39 Å². The number of rotatable bonds is 3. The number of halogens is 2. The van der Waals surface area contributed by atoms with E-state index in [9.17, 15) is 9.50 Å². The van der Waals surface area contributed by atoms with Gasteiger partial charge in [0.1, 0.15) is 5.82 Å². The first-order valence-corrected chi connectivity index (χ1v) is 8.09. The number of ether oxygens (including phenoxy) is 1. The summed E-state index contributed by atoms with van der Waals surface area (Å²) in [6.45, 7) is 3.74. The molecule has 2 aliphatic heterocycles. The zero-order valence-electron chi connectivity index (χ0n) is 13.9. The zero-order valence-corrected chi connectivity index (χ0v) is 16.2. The van der Waals surface area contributed by atoms with Crippen LogP contribution in [0, 0.1) is 11.2 Å². The normalized spacial score (nSPS) is 25.0. The maximum absolute atomic E-state index is 13.7. The second-order valence-electron chi connectivity index (χ2n) is 6.44. The van der Waals surface area contributed by atoms with Crippen LogP contribution in [0.25, 0.3) is 0 Å². The van der Waals surface area contributed by atoms with Gasteiger partial charge in [0, 0.05) is 44.3 Å². The van der Waals surface area contributed by atoms with Gasteiger partial charge < -0.3 is 20.1 Å². The van der Waals surface area contributed by atoms with Crippen LogP contribution < -0.4 is 5.32 Å². The number of guanidine groups is 1. The third-order valence-corrected chi connectivity index (χ3v) is 4.85. The Balaban J connectivity index is 0.00000208. The molecule has 0 radical (unpaired) electrons. The molecule has 2 saturated heterocycles. The molecule has 7 heteroatoms. The lowest BCUT2D eigenvalue weighted by Gasteiger charge is -2.25. The van der Waals surface area contributed by atoms with Crippen LogP contribution in [-0.2, 0) is 4.74 Å². The monoisotopic (exact) mass is 449 g/mol. The highest BCUT2D eigenvalue weighted by molar-refractivity contribution is 14.0. The Bertz CT molecular complexity index is 579. The topological polar surface area (TPSA) is 57.1 Å². The van der Waals surface area contributed by atoms with Crippen molar-refractivity contribution >= 4 is 29.9 Å². The van der Waals surface area contributed by atoms with E-state index in [0.29, 0.717) is 5.56 Å². The number of likely N-dealkylation sites (tertiary alicyclic amines) is 1. The van der Waals surface area contributed by atoms with Gasteiger partial charge in [-0.2, -0.15) is 0 Å². The predicted molar refractivity (Wildman–Crippen MR) is 102 cm³/mol. The highest BCUT2D eigenvalue weighted by Gasteiger charge is 2.42. The molecule has 2 heterocycles. The Morgan fingerprint density at radius 2 is 2.25 bits per heavy atom. The standard InChI is InChI=1S/C17H24FN3O2.HI/c1-19-16(21-8-6-17(11-21)7-9-23-12-17)20-10-15(22)13-4-2-3-5-14(13)18;/h2-5,15,22H,6-12H2,1H3,(H,19,20);1H. The number of hydrogen-bond acceptors (Lipinski definition) is 3. The van der Waals surface area contributed by atoms with Crippen molar-refractivity contribution in [1.29, 1.82) is 0 Å². The highest BCUT2D eigenvalue weighted by Crippen LogP contribution is 2.38. The van der Waals surface area contributed by atoms with E-state index in [1.54, 1.807) is 25.2 Å². The molecule has 3 rings (SSSR count). The molecule has 2 unspecified atom stereocenters. The lowest BCUT2D eigenvalue weighted by Crippen LogP contribution is -2.42. The summed E-state index contributed by atoms with van der Waals surface area (Å²) in [6, 6.07) is 6.30. The molecule has 134 valence electrons. The smallest absolute Gasteiger partial charge is 0.193 e. The molecule has 0 amide bonds. The maximum atomic E-state index is 13.7. The minimum atomic E-state index is -0.903. The fraction of sp³-hybridized carbons (Fsp3) is 0.588. The second kappa shape index (κ2) is 8.44. The molecule has 2 aliphatic rings. The third kappa shape index (κ3) is 4.18. The average molecular weight is 449 g/mol. The number of hydrogen-bond donors (Lipinski definition) is 2. The van der Waals surface area contributed by atoms with Crippen LogP contribution in [0.1, 0.15) is 24.5 Å². The summed E-state index contributed by atoms with van der Waals surface area (Å²) in [5.41, 5.74) is 0.555. The number of aliphatic imine (C=N–C) groups is 1. The molecular formula is C17H25FIN3O2. The minimum Gasteiger partial charge on any atom is -0.386 e. The van der Waals surface area contributed by atoms with E-state index in [1.165, 1.54) is 6.07 Å². The van der Waals surface area contributed by atoms with Gasteiger partial charge in [-0.05, 0) is 18.9 Å². The summed E-state index contributed by atoms with van der Waals surface area (Å²) in [5.74, 6) is 0.365. The van der Waals surface area contributed by atoms with Gasteiger partial charge in [0.2, 0.25) is 0 Å². The minimum absolute atomic E-state index is 0. The zero-order chi connectivity index (χ0) is 16.3. The van der Waals surface area contributed by atoms with Crippen LogP contribution in [0.5, 0.6) is 0 Å². The molecule has 0 bridgehead atoms. The van der Waals surface area contributed by atoms with Crippen molar-refractivity contribution in [3.63, 3.8) is 0 Å². The lowest BCUT2D eigenvalue weighted by molar-refractivity contribution is 0.156. The van der Waals surface area contributed by atoms with Gasteiger partial charge in [0.25, 0.3) is 0 Å². The molecule has 0 aliphatic carbocycles. The Hall–Kier alpha value is -0.930. The van der Waals surface area contributed by atoms with Gasteiger partial charge in [-0.1, -0.05) is 18.2 Å². The van der Waals surface area contributed by atoms with E-state index in [-0.39, 0.29) is 41.8 Å². The van der Waals surface area contributed by atoms with Crippen LogP contribution in [0.2, 0.25) is 0 Å². The van der Waals surface area contributed by atoms with E-state index in [2.05, 4.69) is 15.2 Å². The van der Waals surface area contributed by atoms with E-state index >= 15 is 0 Å². The molecule has 1 spiro atoms. The lowest BCUT2D eigenvalue weighted by atomic mass is 9.87. The van der Waals surface area contributed by atoms with E-state index in [1.807, 2.05) is 0 Å².